The van der Waals surface area contributed by atoms with Gasteiger partial charge in [0.15, 0.2) is 6.10 Å². The van der Waals surface area contributed by atoms with Crippen molar-refractivity contribution in [1.29, 1.82) is 5.26 Å². The van der Waals surface area contributed by atoms with Crippen LogP contribution in [0.4, 0.5) is 5.69 Å². The van der Waals surface area contributed by atoms with E-state index in [1.165, 1.54) is 0 Å². The van der Waals surface area contributed by atoms with Gasteiger partial charge in [-0.25, -0.2) is 0 Å². The maximum Gasteiger partial charge on any atom is 0.156 e. The van der Waals surface area contributed by atoms with E-state index in [0.717, 1.165) is 12.1 Å². The zero-order chi connectivity index (χ0) is 12.3. The van der Waals surface area contributed by atoms with Crippen molar-refractivity contribution in [3.63, 3.8) is 0 Å². The predicted octanol–water partition coefficient (Wildman–Crippen LogP) is 1.65. The minimum atomic E-state index is -0.354. The van der Waals surface area contributed by atoms with Gasteiger partial charge in [0, 0.05) is 35.9 Å². The molecule has 1 aliphatic heterocycles. The molecule has 1 fully saturated rings. The van der Waals surface area contributed by atoms with Crippen molar-refractivity contribution in [1.82, 2.24) is 4.90 Å². The minimum Gasteiger partial charge on any atom is -0.398 e. The van der Waals surface area contributed by atoms with E-state index in [9.17, 15) is 0 Å². The third kappa shape index (κ3) is 2.89. The Labute approximate surface area is 106 Å². The summed E-state index contributed by atoms with van der Waals surface area (Å²) in [5.41, 5.74) is 7.51. The van der Waals surface area contributed by atoms with Crippen LogP contribution >= 0.6 is 11.6 Å². The first-order chi connectivity index (χ1) is 8.20. The van der Waals surface area contributed by atoms with Crippen molar-refractivity contribution in [2.45, 2.75) is 12.6 Å². The molecule has 1 aromatic rings. The molecule has 0 aromatic heterocycles. The summed E-state index contributed by atoms with van der Waals surface area (Å²) in [7, 11) is 0. The number of halogens is 1. The summed E-state index contributed by atoms with van der Waals surface area (Å²) < 4.78 is 5.29. The molecule has 2 rings (SSSR count). The lowest BCUT2D eigenvalue weighted by molar-refractivity contribution is -0.00261. The van der Waals surface area contributed by atoms with Crippen molar-refractivity contribution in [3.05, 3.63) is 28.8 Å². The molecule has 5 heteroatoms. The number of benzene rings is 1. The summed E-state index contributed by atoms with van der Waals surface area (Å²) in [5.74, 6) is 0. The number of ether oxygens (including phenoxy) is 1. The van der Waals surface area contributed by atoms with Gasteiger partial charge in [-0.2, -0.15) is 5.26 Å². The van der Waals surface area contributed by atoms with Gasteiger partial charge in [0.1, 0.15) is 0 Å². The maximum atomic E-state index is 8.83. The number of anilines is 1. The zero-order valence-electron chi connectivity index (χ0n) is 9.40. The van der Waals surface area contributed by atoms with Crippen molar-refractivity contribution in [2.24, 2.45) is 0 Å². The normalized spacial score (nSPS) is 21.1. The van der Waals surface area contributed by atoms with Gasteiger partial charge in [-0.3, -0.25) is 4.90 Å². The van der Waals surface area contributed by atoms with Crippen LogP contribution in [0.1, 0.15) is 5.56 Å². The Kier molecular flexibility index (Phi) is 3.85. The average Bonchev–Trinajstić information content (AvgIpc) is 2.34. The molecular formula is C12H14ClN3O. The topological polar surface area (TPSA) is 62.3 Å². The van der Waals surface area contributed by atoms with E-state index in [4.69, 9.17) is 27.3 Å². The Morgan fingerprint density at radius 3 is 3.12 bits per heavy atom. The number of hydrogen-bond acceptors (Lipinski definition) is 4. The molecule has 4 nitrogen and oxygen atoms in total. The average molecular weight is 252 g/mol. The molecule has 1 aliphatic rings. The second-order valence-corrected chi connectivity index (χ2v) is 4.44. The second-order valence-electron chi connectivity index (χ2n) is 4.03. The molecule has 1 atom stereocenters. The molecule has 1 heterocycles. The van der Waals surface area contributed by atoms with E-state index in [1.54, 1.807) is 0 Å². The summed E-state index contributed by atoms with van der Waals surface area (Å²) in [6, 6.07) is 7.62. The highest BCUT2D eigenvalue weighted by Crippen LogP contribution is 2.24. The highest BCUT2D eigenvalue weighted by atomic mass is 35.5. The van der Waals surface area contributed by atoms with E-state index in [1.807, 2.05) is 18.2 Å². The van der Waals surface area contributed by atoms with Crippen molar-refractivity contribution in [3.8, 4) is 6.07 Å². The first-order valence-corrected chi connectivity index (χ1v) is 5.85. The lowest BCUT2D eigenvalue weighted by Gasteiger charge is -2.30. The third-order valence-corrected chi connectivity index (χ3v) is 3.19. The van der Waals surface area contributed by atoms with Gasteiger partial charge in [-0.05, 0) is 12.1 Å². The molecule has 90 valence electrons. The highest BCUT2D eigenvalue weighted by molar-refractivity contribution is 6.31. The lowest BCUT2D eigenvalue weighted by Crippen LogP contribution is -2.41. The molecule has 17 heavy (non-hydrogen) atoms. The van der Waals surface area contributed by atoms with Crippen LogP contribution in [-0.4, -0.2) is 30.7 Å². The number of nitrogens with two attached hydrogens (primary N) is 1. The quantitative estimate of drug-likeness (QED) is 0.812. The van der Waals surface area contributed by atoms with Gasteiger partial charge < -0.3 is 10.5 Å². The fourth-order valence-corrected chi connectivity index (χ4v) is 2.13. The SMILES string of the molecule is N#CC1CN(Cc2c(N)cccc2Cl)CCO1. The van der Waals surface area contributed by atoms with E-state index >= 15 is 0 Å². The largest absolute Gasteiger partial charge is 0.398 e. The van der Waals surface area contributed by atoms with E-state index in [0.29, 0.717) is 30.4 Å². The second kappa shape index (κ2) is 5.37. The van der Waals surface area contributed by atoms with Gasteiger partial charge in [0.25, 0.3) is 0 Å². The molecule has 2 N–H and O–H groups in total. The van der Waals surface area contributed by atoms with Crippen LogP contribution in [0, 0.1) is 11.3 Å². The molecule has 1 saturated heterocycles. The monoisotopic (exact) mass is 251 g/mol. The van der Waals surface area contributed by atoms with Crippen LogP contribution in [0.5, 0.6) is 0 Å². The third-order valence-electron chi connectivity index (χ3n) is 2.83. The summed E-state index contributed by atoms with van der Waals surface area (Å²) in [6.07, 6.45) is -0.354. The number of nitrogen functional groups attached to an aromatic ring is 1. The molecular weight excluding hydrogens is 238 g/mol. The van der Waals surface area contributed by atoms with Crippen LogP contribution in [0.15, 0.2) is 18.2 Å². The van der Waals surface area contributed by atoms with E-state index in [-0.39, 0.29) is 6.10 Å². The summed E-state index contributed by atoms with van der Waals surface area (Å²) in [5, 5.41) is 9.50. The number of nitrogens with zero attached hydrogens (tertiary/aromatic N) is 2. The molecule has 0 spiro atoms. The maximum absolute atomic E-state index is 8.83. The number of nitriles is 1. The van der Waals surface area contributed by atoms with Crippen molar-refractivity contribution in [2.75, 3.05) is 25.4 Å². The van der Waals surface area contributed by atoms with Crippen LogP contribution in [0.3, 0.4) is 0 Å². The van der Waals surface area contributed by atoms with Gasteiger partial charge in [0.2, 0.25) is 0 Å². The minimum absolute atomic E-state index is 0.354. The number of rotatable bonds is 2. The van der Waals surface area contributed by atoms with Gasteiger partial charge in [0.05, 0.1) is 12.7 Å². The number of morpholine rings is 1. The Bertz CT molecular complexity index is 424. The molecule has 0 amide bonds. The summed E-state index contributed by atoms with van der Waals surface area (Å²) >= 11 is 6.12. The Hall–Kier alpha value is -1.28. The molecule has 0 bridgehead atoms. The van der Waals surface area contributed by atoms with Gasteiger partial charge in [-0.15, -0.1) is 0 Å². The molecule has 1 unspecified atom stereocenters. The Morgan fingerprint density at radius 2 is 2.41 bits per heavy atom. The fourth-order valence-electron chi connectivity index (χ4n) is 1.89. The lowest BCUT2D eigenvalue weighted by atomic mass is 10.1. The molecule has 0 saturated carbocycles. The molecule has 0 radical (unpaired) electrons. The van der Waals surface area contributed by atoms with Crippen molar-refractivity contribution < 1.29 is 4.74 Å². The van der Waals surface area contributed by atoms with Crippen LogP contribution in [0.2, 0.25) is 5.02 Å². The smallest absolute Gasteiger partial charge is 0.156 e. The molecule has 0 aliphatic carbocycles. The standard InChI is InChI=1S/C12H14ClN3O/c13-11-2-1-3-12(15)10(11)8-16-4-5-17-9(6-14)7-16/h1-3,9H,4-5,7-8,15H2. The zero-order valence-corrected chi connectivity index (χ0v) is 10.2. The Morgan fingerprint density at radius 1 is 1.59 bits per heavy atom. The first-order valence-electron chi connectivity index (χ1n) is 5.47. The van der Waals surface area contributed by atoms with E-state index < -0.39 is 0 Å². The summed E-state index contributed by atoms with van der Waals surface area (Å²) in [4.78, 5) is 2.13. The molecule has 1 aromatic carbocycles. The fraction of sp³-hybridized carbons (Fsp3) is 0.417. The van der Waals surface area contributed by atoms with Gasteiger partial charge >= 0.3 is 0 Å². The van der Waals surface area contributed by atoms with Gasteiger partial charge in [-0.1, -0.05) is 17.7 Å². The van der Waals surface area contributed by atoms with Crippen LogP contribution in [-0.2, 0) is 11.3 Å². The Balaban J connectivity index is 2.08. The predicted molar refractivity (Wildman–Crippen MR) is 66.5 cm³/mol. The van der Waals surface area contributed by atoms with E-state index in [2.05, 4.69) is 11.0 Å². The first kappa shape index (κ1) is 12.2. The highest BCUT2D eigenvalue weighted by Gasteiger charge is 2.21. The van der Waals surface area contributed by atoms with Crippen LogP contribution in [0.25, 0.3) is 0 Å². The van der Waals surface area contributed by atoms with Crippen molar-refractivity contribution >= 4 is 17.3 Å². The number of hydrogen-bond donors (Lipinski definition) is 1. The summed E-state index contributed by atoms with van der Waals surface area (Å²) in [6.45, 7) is 2.62. The van der Waals surface area contributed by atoms with Crippen LogP contribution < -0.4 is 5.73 Å².